The Morgan fingerprint density at radius 2 is 2.05 bits per heavy atom. The van der Waals surface area contributed by atoms with Gasteiger partial charge in [-0.1, -0.05) is 25.6 Å². The zero-order chi connectivity index (χ0) is 13.9. The number of amidine groups is 1. The normalized spacial score (nSPS) is 21.6. The van der Waals surface area contributed by atoms with Crippen molar-refractivity contribution in [2.24, 2.45) is 10.9 Å². The van der Waals surface area contributed by atoms with Crippen LogP contribution in [-0.2, 0) is 0 Å². The third kappa shape index (κ3) is 3.03. The van der Waals surface area contributed by atoms with Crippen LogP contribution in [0.3, 0.4) is 0 Å². The smallest absolute Gasteiger partial charge is 0.163 e. The van der Waals surface area contributed by atoms with Crippen LogP contribution in [0.5, 0.6) is 11.5 Å². The summed E-state index contributed by atoms with van der Waals surface area (Å²) in [5, 5.41) is 4.40. The van der Waals surface area contributed by atoms with Crippen LogP contribution in [0, 0.1) is 5.92 Å². The Bertz CT molecular complexity index is 517. The molecule has 0 saturated heterocycles. The van der Waals surface area contributed by atoms with E-state index < -0.39 is 0 Å². The van der Waals surface area contributed by atoms with Crippen LogP contribution < -0.4 is 14.8 Å². The van der Waals surface area contributed by atoms with E-state index >= 15 is 0 Å². The van der Waals surface area contributed by atoms with E-state index in [1.807, 2.05) is 18.2 Å². The quantitative estimate of drug-likeness (QED) is 0.907. The van der Waals surface area contributed by atoms with Gasteiger partial charge in [-0.05, 0) is 24.5 Å². The van der Waals surface area contributed by atoms with Gasteiger partial charge in [-0.25, -0.2) is 0 Å². The van der Waals surface area contributed by atoms with Crippen molar-refractivity contribution in [3.05, 3.63) is 18.2 Å². The summed E-state index contributed by atoms with van der Waals surface area (Å²) in [5.74, 6) is 3.34. The van der Waals surface area contributed by atoms with Crippen molar-refractivity contribution < 1.29 is 9.47 Å². The van der Waals surface area contributed by atoms with Gasteiger partial charge >= 0.3 is 0 Å². The third-order valence-corrected chi connectivity index (χ3v) is 4.42. The minimum atomic E-state index is 0.427. The molecule has 1 atom stereocenters. The Labute approximate surface area is 123 Å². The fourth-order valence-corrected chi connectivity index (χ4v) is 3.28. The van der Waals surface area contributed by atoms with Crippen molar-refractivity contribution in [3.63, 3.8) is 0 Å². The molecule has 0 aromatic heterocycles. The largest absolute Gasteiger partial charge is 0.486 e. The summed E-state index contributed by atoms with van der Waals surface area (Å²) >= 11 is 1.78. The molecule has 0 fully saturated rings. The van der Waals surface area contributed by atoms with E-state index in [0.29, 0.717) is 25.2 Å². The number of fused-ring (bicyclic) bond motifs is 1. The maximum absolute atomic E-state index is 5.60. The second-order valence-corrected chi connectivity index (χ2v) is 6.45. The van der Waals surface area contributed by atoms with E-state index in [1.54, 1.807) is 11.8 Å². The number of hydrogen-bond acceptors (Lipinski definition) is 5. The van der Waals surface area contributed by atoms with Crippen molar-refractivity contribution >= 4 is 22.6 Å². The van der Waals surface area contributed by atoms with Gasteiger partial charge in [-0.15, -0.1) is 0 Å². The van der Waals surface area contributed by atoms with Gasteiger partial charge in [0.05, 0.1) is 6.04 Å². The van der Waals surface area contributed by atoms with Gasteiger partial charge in [-0.2, -0.15) is 0 Å². The maximum atomic E-state index is 5.60. The van der Waals surface area contributed by atoms with Crippen LogP contribution in [0.15, 0.2) is 23.2 Å². The molecule has 3 rings (SSSR count). The Morgan fingerprint density at radius 3 is 2.85 bits per heavy atom. The molecule has 20 heavy (non-hydrogen) atoms. The predicted molar refractivity (Wildman–Crippen MR) is 84.2 cm³/mol. The number of benzene rings is 1. The molecule has 0 bridgehead atoms. The molecule has 2 aliphatic heterocycles. The average Bonchev–Trinajstić information content (AvgIpc) is 2.47. The second kappa shape index (κ2) is 5.95. The lowest BCUT2D eigenvalue weighted by molar-refractivity contribution is 0.171. The first kappa shape index (κ1) is 13.6. The highest BCUT2D eigenvalue weighted by atomic mass is 32.2. The predicted octanol–water partition coefficient (Wildman–Crippen LogP) is 3.39. The minimum Gasteiger partial charge on any atom is -0.486 e. The van der Waals surface area contributed by atoms with E-state index in [4.69, 9.17) is 14.5 Å². The molecule has 1 N–H and O–H groups in total. The second-order valence-electron chi connectivity index (χ2n) is 5.37. The molecule has 1 aromatic rings. The van der Waals surface area contributed by atoms with Crippen LogP contribution >= 0.6 is 11.8 Å². The summed E-state index contributed by atoms with van der Waals surface area (Å²) in [6.07, 6.45) is 1.16. The highest BCUT2D eigenvalue weighted by Crippen LogP contribution is 2.33. The number of thioether (sulfide) groups is 1. The van der Waals surface area contributed by atoms with Gasteiger partial charge in [0.1, 0.15) is 13.2 Å². The van der Waals surface area contributed by atoms with Crippen LogP contribution in [0.4, 0.5) is 5.69 Å². The van der Waals surface area contributed by atoms with E-state index in [1.165, 1.54) is 0 Å². The Balaban J connectivity index is 1.74. The molecular weight excluding hydrogens is 272 g/mol. The summed E-state index contributed by atoms with van der Waals surface area (Å²) < 4.78 is 11.1. The van der Waals surface area contributed by atoms with Crippen molar-refractivity contribution in [2.45, 2.75) is 26.3 Å². The van der Waals surface area contributed by atoms with Crippen LogP contribution in [0.1, 0.15) is 20.3 Å². The number of rotatable bonds is 2. The van der Waals surface area contributed by atoms with Gasteiger partial charge < -0.3 is 14.8 Å². The zero-order valence-electron chi connectivity index (χ0n) is 11.9. The van der Waals surface area contributed by atoms with Crippen LogP contribution in [0.2, 0.25) is 0 Å². The molecular formula is C15H20N2O2S. The van der Waals surface area contributed by atoms with Crippen molar-refractivity contribution in [1.29, 1.82) is 0 Å². The standard InChI is InChI=1S/C15H20N2O2S/c1-10(2)12-5-8-20-15(17-12)16-11-3-4-13-14(9-11)19-7-6-18-13/h3-4,9-10,12H,5-8H2,1-2H3,(H,16,17). The van der Waals surface area contributed by atoms with Crippen molar-refractivity contribution in [3.8, 4) is 11.5 Å². The first-order valence-electron chi connectivity index (χ1n) is 7.09. The molecule has 0 saturated carbocycles. The van der Waals surface area contributed by atoms with E-state index in [-0.39, 0.29) is 0 Å². The molecule has 1 aromatic carbocycles. The third-order valence-electron chi connectivity index (χ3n) is 3.50. The van der Waals surface area contributed by atoms with E-state index in [9.17, 15) is 0 Å². The molecule has 0 amide bonds. The summed E-state index contributed by atoms with van der Waals surface area (Å²) in [4.78, 5) is 4.79. The van der Waals surface area contributed by atoms with Crippen LogP contribution in [0.25, 0.3) is 0 Å². The average molecular weight is 292 g/mol. The lowest BCUT2D eigenvalue weighted by Crippen LogP contribution is -2.24. The lowest BCUT2D eigenvalue weighted by Gasteiger charge is -2.24. The molecule has 0 aliphatic carbocycles. The first-order valence-corrected chi connectivity index (χ1v) is 8.08. The van der Waals surface area contributed by atoms with E-state index in [2.05, 4.69) is 19.2 Å². The molecule has 5 heteroatoms. The molecule has 2 aliphatic rings. The fraction of sp³-hybridized carbons (Fsp3) is 0.533. The van der Waals surface area contributed by atoms with Gasteiger partial charge in [0.2, 0.25) is 0 Å². The lowest BCUT2D eigenvalue weighted by atomic mass is 10.0. The Morgan fingerprint density at radius 1 is 1.25 bits per heavy atom. The first-order chi connectivity index (χ1) is 9.72. The monoisotopic (exact) mass is 292 g/mol. The summed E-state index contributed by atoms with van der Waals surface area (Å²) in [6.45, 7) is 5.69. The van der Waals surface area contributed by atoms with Crippen molar-refractivity contribution in [1.82, 2.24) is 0 Å². The molecule has 0 radical (unpaired) electrons. The number of ether oxygens (including phenoxy) is 2. The highest BCUT2D eigenvalue weighted by Gasteiger charge is 2.19. The molecule has 1 unspecified atom stereocenters. The maximum Gasteiger partial charge on any atom is 0.163 e. The topological polar surface area (TPSA) is 42.8 Å². The molecule has 0 spiro atoms. The highest BCUT2D eigenvalue weighted by molar-refractivity contribution is 8.14. The van der Waals surface area contributed by atoms with Gasteiger partial charge in [0, 0.05) is 17.5 Å². The number of anilines is 1. The minimum absolute atomic E-state index is 0.427. The summed E-state index contributed by atoms with van der Waals surface area (Å²) in [6, 6.07) is 6.37. The number of aliphatic imine (C=N–C) groups is 1. The Hall–Kier alpha value is -1.36. The van der Waals surface area contributed by atoms with Gasteiger partial charge in [-0.3, -0.25) is 4.99 Å². The molecule has 4 nitrogen and oxygen atoms in total. The fourth-order valence-electron chi connectivity index (χ4n) is 2.32. The summed E-state index contributed by atoms with van der Waals surface area (Å²) in [7, 11) is 0. The van der Waals surface area contributed by atoms with Gasteiger partial charge in [0.15, 0.2) is 16.7 Å². The molecule has 108 valence electrons. The van der Waals surface area contributed by atoms with Crippen molar-refractivity contribution in [2.75, 3.05) is 24.3 Å². The number of nitrogens with zero attached hydrogens (tertiary/aromatic N) is 1. The van der Waals surface area contributed by atoms with E-state index in [0.717, 1.165) is 34.5 Å². The molecule has 2 heterocycles. The SMILES string of the molecule is CC(C)C1CCSC(Nc2ccc3c(c2)OCCO3)=N1. The van der Waals surface area contributed by atoms with Crippen LogP contribution in [-0.4, -0.2) is 30.2 Å². The number of nitrogens with one attached hydrogen (secondary N) is 1. The summed E-state index contributed by atoms with van der Waals surface area (Å²) in [5.41, 5.74) is 1.00. The number of hydrogen-bond donors (Lipinski definition) is 1. The van der Waals surface area contributed by atoms with Gasteiger partial charge in [0.25, 0.3) is 0 Å². The zero-order valence-corrected chi connectivity index (χ0v) is 12.7. The Kier molecular flexibility index (Phi) is 4.05.